The van der Waals surface area contributed by atoms with Crippen molar-refractivity contribution >= 4 is 17.3 Å². The smallest absolute Gasteiger partial charge is 0.270 e. The Morgan fingerprint density at radius 2 is 2.33 bits per heavy atom. The van der Waals surface area contributed by atoms with Crippen LogP contribution in [-0.2, 0) is 0 Å². The van der Waals surface area contributed by atoms with E-state index >= 15 is 0 Å². The summed E-state index contributed by atoms with van der Waals surface area (Å²) < 4.78 is 0. The molecule has 0 aliphatic carbocycles. The van der Waals surface area contributed by atoms with E-state index in [1.54, 1.807) is 6.07 Å². The Bertz CT molecular complexity index is 541. The van der Waals surface area contributed by atoms with E-state index in [1.807, 2.05) is 6.92 Å². The van der Waals surface area contributed by atoms with Gasteiger partial charge in [0.25, 0.3) is 11.6 Å². The number of hydrogen-bond donors (Lipinski definition) is 3. The molecule has 1 aliphatic heterocycles. The third-order valence-corrected chi connectivity index (χ3v) is 3.90. The minimum Gasteiger partial charge on any atom is -0.382 e. The number of nitrogens with zero attached hydrogens (tertiary/aromatic N) is 1. The molecule has 2 rings (SSSR count). The number of piperidine rings is 1. The first kappa shape index (κ1) is 15.2. The number of primary amides is 1. The number of nitro groups is 1. The SMILES string of the molecule is CC(Nc1ccc([N+](=O)[O-])cc1C(N)=O)C1CCCNC1. The molecule has 1 heterocycles. The summed E-state index contributed by atoms with van der Waals surface area (Å²) in [5, 5.41) is 17.4. The summed E-state index contributed by atoms with van der Waals surface area (Å²) in [5.41, 5.74) is 5.89. The zero-order valence-electron chi connectivity index (χ0n) is 12.0. The van der Waals surface area contributed by atoms with Crippen molar-refractivity contribution in [3.8, 4) is 0 Å². The van der Waals surface area contributed by atoms with Gasteiger partial charge in [0.05, 0.1) is 10.5 Å². The summed E-state index contributed by atoms with van der Waals surface area (Å²) in [4.78, 5) is 21.7. The molecule has 114 valence electrons. The summed E-state index contributed by atoms with van der Waals surface area (Å²) in [6.07, 6.45) is 2.24. The second-order valence-corrected chi connectivity index (χ2v) is 5.39. The molecule has 21 heavy (non-hydrogen) atoms. The van der Waals surface area contributed by atoms with Gasteiger partial charge in [0, 0.05) is 23.9 Å². The molecule has 1 amide bonds. The van der Waals surface area contributed by atoms with Crippen LogP contribution in [0.25, 0.3) is 0 Å². The van der Waals surface area contributed by atoms with Gasteiger partial charge in [-0.05, 0) is 44.8 Å². The highest BCUT2D eigenvalue weighted by molar-refractivity contribution is 5.99. The van der Waals surface area contributed by atoms with Crippen LogP contribution in [0.3, 0.4) is 0 Å². The van der Waals surface area contributed by atoms with E-state index in [0.717, 1.165) is 25.9 Å². The van der Waals surface area contributed by atoms with Gasteiger partial charge < -0.3 is 16.4 Å². The second kappa shape index (κ2) is 6.53. The van der Waals surface area contributed by atoms with Crippen molar-refractivity contribution in [1.29, 1.82) is 0 Å². The number of nitrogens with one attached hydrogen (secondary N) is 2. The number of carbonyl (C=O) groups is 1. The zero-order chi connectivity index (χ0) is 15.4. The quantitative estimate of drug-likeness (QED) is 0.562. The number of rotatable bonds is 5. The van der Waals surface area contributed by atoms with Crippen molar-refractivity contribution in [2.45, 2.75) is 25.8 Å². The molecule has 7 heteroatoms. The molecule has 1 saturated heterocycles. The number of amides is 1. The van der Waals surface area contributed by atoms with Crippen LogP contribution in [0.5, 0.6) is 0 Å². The van der Waals surface area contributed by atoms with Gasteiger partial charge in [-0.2, -0.15) is 0 Å². The van der Waals surface area contributed by atoms with Crippen molar-refractivity contribution in [3.05, 3.63) is 33.9 Å². The molecule has 0 radical (unpaired) electrons. The standard InChI is InChI=1S/C14H20N4O3/c1-9(10-3-2-6-16-8-10)17-13-5-4-11(18(20)21)7-12(13)14(15)19/h4-5,7,9-10,16-17H,2-3,6,8H2,1H3,(H2,15,19). The van der Waals surface area contributed by atoms with Crippen LogP contribution in [0.4, 0.5) is 11.4 Å². The molecule has 1 aliphatic rings. The van der Waals surface area contributed by atoms with Gasteiger partial charge in [-0.3, -0.25) is 14.9 Å². The Hall–Kier alpha value is -2.15. The Labute approximate surface area is 123 Å². The van der Waals surface area contributed by atoms with Gasteiger partial charge in [-0.25, -0.2) is 0 Å². The highest BCUT2D eigenvalue weighted by atomic mass is 16.6. The summed E-state index contributed by atoms with van der Waals surface area (Å²) in [6, 6.07) is 4.29. The highest BCUT2D eigenvalue weighted by Gasteiger charge is 2.22. The van der Waals surface area contributed by atoms with Crippen LogP contribution in [0.2, 0.25) is 0 Å². The van der Waals surface area contributed by atoms with Crippen molar-refractivity contribution in [2.75, 3.05) is 18.4 Å². The number of non-ortho nitro benzene ring substituents is 1. The average Bonchev–Trinajstić information content (AvgIpc) is 2.48. The Kier molecular flexibility index (Phi) is 4.74. The van der Waals surface area contributed by atoms with Crippen molar-refractivity contribution in [2.24, 2.45) is 11.7 Å². The maximum absolute atomic E-state index is 11.5. The van der Waals surface area contributed by atoms with E-state index in [9.17, 15) is 14.9 Å². The van der Waals surface area contributed by atoms with Gasteiger partial charge >= 0.3 is 0 Å². The fourth-order valence-electron chi connectivity index (χ4n) is 2.64. The summed E-state index contributed by atoms with van der Waals surface area (Å²) >= 11 is 0. The Balaban J connectivity index is 2.18. The monoisotopic (exact) mass is 292 g/mol. The lowest BCUT2D eigenvalue weighted by molar-refractivity contribution is -0.384. The normalized spacial score (nSPS) is 19.8. The average molecular weight is 292 g/mol. The van der Waals surface area contributed by atoms with Crippen LogP contribution in [0, 0.1) is 16.0 Å². The Morgan fingerprint density at radius 3 is 2.90 bits per heavy atom. The molecule has 0 aromatic heterocycles. The van der Waals surface area contributed by atoms with Gasteiger partial charge in [0.1, 0.15) is 0 Å². The molecule has 1 aromatic rings. The molecule has 7 nitrogen and oxygen atoms in total. The summed E-state index contributed by atoms with van der Waals surface area (Å²) in [7, 11) is 0. The van der Waals surface area contributed by atoms with Crippen LogP contribution in [0.15, 0.2) is 18.2 Å². The fraction of sp³-hybridized carbons (Fsp3) is 0.500. The maximum Gasteiger partial charge on any atom is 0.270 e. The fourth-order valence-corrected chi connectivity index (χ4v) is 2.64. The van der Waals surface area contributed by atoms with Crippen LogP contribution < -0.4 is 16.4 Å². The number of carbonyl (C=O) groups excluding carboxylic acids is 1. The van der Waals surface area contributed by atoms with E-state index < -0.39 is 10.8 Å². The van der Waals surface area contributed by atoms with E-state index in [4.69, 9.17) is 5.73 Å². The number of nitro benzene ring substituents is 1. The third kappa shape index (κ3) is 3.69. The lowest BCUT2D eigenvalue weighted by Gasteiger charge is -2.30. The number of nitrogens with two attached hydrogens (primary N) is 1. The second-order valence-electron chi connectivity index (χ2n) is 5.39. The van der Waals surface area contributed by atoms with Gasteiger partial charge in [-0.15, -0.1) is 0 Å². The van der Waals surface area contributed by atoms with E-state index in [-0.39, 0.29) is 17.3 Å². The molecule has 2 atom stereocenters. The molecule has 0 saturated carbocycles. The molecule has 4 N–H and O–H groups in total. The molecule has 1 fully saturated rings. The molecule has 0 bridgehead atoms. The maximum atomic E-state index is 11.5. The van der Waals surface area contributed by atoms with Gasteiger partial charge in [0.15, 0.2) is 0 Å². The van der Waals surface area contributed by atoms with Crippen molar-refractivity contribution in [1.82, 2.24) is 5.32 Å². The molecular formula is C14H20N4O3. The van der Waals surface area contributed by atoms with Crippen LogP contribution in [-0.4, -0.2) is 30.0 Å². The van der Waals surface area contributed by atoms with Crippen molar-refractivity contribution < 1.29 is 9.72 Å². The lowest BCUT2D eigenvalue weighted by Crippen LogP contribution is -2.39. The van der Waals surface area contributed by atoms with E-state index in [1.165, 1.54) is 12.1 Å². The first-order valence-electron chi connectivity index (χ1n) is 7.04. The van der Waals surface area contributed by atoms with Gasteiger partial charge in [-0.1, -0.05) is 0 Å². The Morgan fingerprint density at radius 1 is 1.57 bits per heavy atom. The molecular weight excluding hydrogens is 272 g/mol. The molecule has 0 spiro atoms. The minimum atomic E-state index is -0.671. The lowest BCUT2D eigenvalue weighted by atomic mass is 9.92. The third-order valence-electron chi connectivity index (χ3n) is 3.90. The topological polar surface area (TPSA) is 110 Å². The van der Waals surface area contributed by atoms with E-state index in [0.29, 0.717) is 11.6 Å². The van der Waals surface area contributed by atoms with Crippen molar-refractivity contribution in [3.63, 3.8) is 0 Å². The first-order valence-corrected chi connectivity index (χ1v) is 7.04. The van der Waals surface area contributed by atoms with E-state index in [2.05, 4.69) is 10.6 Å². The minimum absolute atomic E-state index is 0.138. The predicted octanol–water partition coefficient (Wildman–Crippen LogP) is 1.49. The largest absolute Gasteiger partial charge is 0.382 e. The number of benzene rings is 1. The first-order chi connectivity index (χ1) is 9.99. The van der Waals surface area contributed by atoms with Crippen LogP contribution in [0.1, 0.15) is 30.1 Å². The number of anilines is 1. The zero-order valence-corrected chi connectivity index (χ0v) is 12.0. The molecule has 2 unspecified atom stereocenters. The van der Waals surface area contributed by atoms with Gasteiger partial charge in [0.2, 0.25) is 0 Å². The number of hydrogen-bond acceptors (Lipinski definition) is 5. The molecule has 1 aromatic carbocycles. The predicted molar refractivity (Wildman–Crippen MR) is 80.3 cm³/mol. The summed E-state index contributed by atoms with van der Waals surface area (Å²) in [5.74, 6) is -0.218. The highest BCUT2D eigenvalue weighted by Crippen LogP contribution is 2.25. The van der Waals surface area contributed by atoms with Crippen LogP contribution >= 0.6 is 0 Å². The summed E-state index contributed by atoms with van der Waals surface area (Å²) in [6.45, 7) is 4.00.